The molecule has 2 nitrogen and oxygen atoms in total. The summed E-state index contributed by atoms with van der Waals surface area (Å²) in [6, 6.07) is 5.26. The van der Waals surface area contributed by atoms with Gasteiger partial charge < -0.3 is 10.0 Å². The van der Waals surface area contributed by atoms with Crippen molar-refractivity contribution in [3.05, 3.63) is 33.8 Å². The maximum absolute atomic E-state index is 10.5. The average molecular weight is 276 g/mol. The number of hydrogen-bond donors (Lipinski definition) is 1. The van der Waals surface area contributed by atoms with Gasteiger partial charge in [-0.15, -0.1) is 0 Å². The van der Waals surface area contributed by atoms with E-state index >= 15 is 0 Å². The van der Waals surface area contributed by atoms with Crippen molar-refractivity contribution in [3.8, 4) is 0 Å². The average Bonchev–Trinajstić information content (AvgIpc) is 2.30. The van der Waals surface area contributed by atoms with Gasteiger partial charge in [-0.25, -0.2) is 0 Å². The standard InChI is InChI=1S/C13H19Cl2NO/c1-5-13(2,16(3)4)12(17)9-6-7-10(14)11(15)8-9/h6-8,12,17H,5H2,1-4H3. The van der Waals surface area contributed by atoms with Gasteiger partial charge in [0.25, 0.3) is 0 Å². The van der Waals surface area contributed by atoms with Crippen LogP contribution in [0.5, 0.6) is 0 Å². The first kappa shape index (κ1) is 14.8. The molecule has 4 heteroatoms. The first-order valence-electron chi connectivity index (χ1n) is 5.63. The summed E-state index contributed by atoms with van der Waals surface area (Å²) in [7, 11) is 3.93. The van der Waals surface area contributed by atoms with Crippen molar-refractivity contribution in [3.63, 3.8) is 0 Å². The van der Waals surface area contributed by atoms with Crippen LogP contribution in [0.4, 0.5) is 0 Å². The molecule has 17 heavy (non-hydrogen) atoms. The Morgan fingerprint density at radius 1 is 1.29 bits per heavy atom. The summed E-state index contributed by atoms with van der Waals surface area (Å²) in [4.78, 5) is 2.03. The van der Waals surface area contributed by atoms with Gasteiger partial charge in [-0.1, -0.05) is 36.2 Å². The third-order valence-corrected chi connectivity index (χ3v) is 4.32. The highest BCUT2D eigenvalue weighted by Gasteiger charge is 2.34. The molecule has 0 radical (unpaired) electrons. The van der Waals surface area contributed by atoms with Gasteiger partial charge in [0, 0.05) is 5.54 Å². The third-order valence-electron chi connectivity index (χ3n) is 3.59. The molecular formula is C13H19Cl2NO. The van der Waals surface area contributed by atoms with Crippen molar-refractivity contribution in [1.29, 1.82) is 0 Å². The number of nitrogens with zero attached hydrogens (tertiary/aromatic N) is 1. The number of rotatable bonds is 4. The maximum atomic E-state index is 10.5. The van der Waals surface area contributed by atoms with E-state index in [2.05, 4.69) is 6.92 Å². The second-order valence-electron chi connectivity index (χ2n) is 4.68. The van der Waals surface area contributed by atoms with E-state index in [1.165, 1.54) is 0 Å². The van der Waals surface area contributed by atoms with Crippen molar-refractivity contribution >= 4 is 23.2 Å². The van der Waals surface area contributed by atoms with E-state index < -0.39 is 6.10 Å². The normalized spacial score (nSPS) is 16.9. The summed E-state index contributed by atoms with van der Waals surface area (Å²) in [5.74, 6) is 0. The van der Waals surface area contributed by atoms with Gasteiger partial charge in [-0.3, -0.25) is 0 Å². The Morgan fingerprint density at radius 3 is 2.29 bits per heavy atom. The largest absolute Gasteiger partial charge is 0.386 e. The molecule has 0 aromatic heterocycles. The lowest BCUT2D eigenvalue weighted by Gasteiger charge is -2.40. The van der Waals surface area contributed by atoms with Crippen molar-refractivity contribution in [2.45, 2.75) is 31.9 Å². The number of aliphatic hydroxyl groups excluding tert-OH is 1. The van der Waals surface area contributed by atoms with Crippen LogP contribution >= 0.6 is 23.2 Å². The lowest BCUT2D eigenvalue weighted by atomic mass is 9.86. The molecular weight excluding hydrogens is 257 g/mol. The maximum Gasteiger partial charge on any atom is 0.0971 e. The topological polar surface area (TPSA) is 23.5 Å². The van der Waals surface area contributed by atoms with E-state index in [4.69, 9.17) is 23.2 Å². The Balaban J connectivity index is 3.10. The number of halogens is 2. The Labute approximate surface area is 113 Å². The highest BCUT2D eigenvalue weighted by Crippen LogP contribution is 2.35. The van der Waals surface area contributed by atoms with Crippen molar-refractivity contribution in [2.75, 3.05) is 14.1 Å². The van der Waals surface area contributed by atoms with Crippen molar-refractivity contribution < 1.29 is 5.11 Å². The molecule has 0 spiro atoms. The van der Waals surface area contributed by atoms with Crippen LogP contribution in [0, 0.1) is 0 Å². The Hall–Kier alpha value is -0.280. The van der Waals surface area contributed by atoms with Crippen LogP contribution in [0.1, 0.15) is 31.9 Å². The molecule has 1 aromatic rings. The van der Waals surface area contributed by atoms with Gasteiger partial charge >= 0.3 is 0 Å². The van der Waals surface area contributed by atoms with E-state index in [9.17, 15) is 5.11 Å². The van der Waals surface area contributed by atoms with Gasteiger partial charge in [0.1, 0.15) is 0 Å². The van der Waals surface area contributed by atoms with Crippen LogP contribution in [0.25, 0.3) is 0 Å². The minimum Gasteiger partial charge on any atom is -0.386 e. The number of benzene rings is 1. The van der Waals surface area contributed by atoms with Gasteiger partial charge in [-0.05, 0) is 45.1 Å². The minimum absolute atomic E-state index is 0.322. The Morgan fingerprint density at radius 2 is 1.88 bits per heavy atom. The van der Waals surface area contributed by atoms with Crippen molar-refractivity contribution in [2.24, 2.45) is 0 Å². The van der Waals surface area contributed by atoms with Gasteiger partial charge in [0.2, 0.25) is 0 Å². The summed E-state index contributed by atoms with van der Waals surface area (Å²) >= 11 is 11.8. The Bertz CT molecular complexity index is 395. The zero-order chi connectivity index (χ0) is 13.2. The van der Waals surface area contributed by atoms with Crippen LogP contribution in [0.2, 0.25) is 10.0 Å². The molecule has 0 saturated carbocycles. The fraction of sp³-hybridized carbons (Fsp3) is 0.538. The molecule has 0 saturated heterocycles. The Kier molecular flexibility index (Phi) is 4.85. The molecule has 2 unspecified atom stereocenters. The van der Waals surface area contributed by atoms with E-state index in [1.807, 2.05) is 32.0 Å². The SMILES string of the molecule is CCC(C)(C(O)c1ccc(Cl)c(Cl)c1)N(C)C. The molecule has 0 aliphatic rings. The van der Waals surface area contributed by atoms with Crippen molar-refractivity contribution in [1.82, 2.24) is 4.90 Å². The summed E-state index contributed by atoms with van der Waals surface area (Å²) in [6.07, 6.45) is 0.235. The first-order chi connectivity index (χ1) is 7.82. The summed E-state index contributed by atoms with van der Waals surface area (Å²) in [5.41, 5.74) is 0.467. The van der Waals surface area contributed by atoms with Crippen LogP contribution in [-0.2, 0) is 0 Å². The number of aliphatic hydroxyl groups is 1. The highest BCUT2D eigenvalue weighted by molar-refractivity contribution is 6.42. The third kappa shape index (κ3) is 2.94. The second-order valence-corrected chi connectivity index (χ2v) is 5.50. The fourth-order valence-electron chi connectivity index (χ4n) is 1.80. The fourth-order valence-corrected chi connectivity index (χ4v) is 2.10. The molecule has 1 rings (SSSR count). The molecule has 96 valence electrons. The molecule has 0 bridgehead atoms. The van der Waals surface area contributed by atoms with Crippen LogP contribution in [-0.4, -0.2) is 29.6 Å². The summed E-state index contributed by atoms with van der Waals surface area (Å²) in [5, 5.41) is 11.5. The molecule has 1 aromatic carbocycles. The number of hydrogen-bond acceptors (Lipinski definition) is 2. The summed E-state index contributed by atoms with van der Waals surface area (Å²) < 4.78 is 0. The zero-order valence-corrected chi connectivity index (χ0v) is 12.2. The highest BCUT2D eigenvalue weighted by atomic mass is 35.5. The van der Waals surface area contributed by atoms with E-state index in [-0.39, 0.29) is 5.54 Å². The lowest BCUT2D eigenvalue weighted by molar-refractivity contribution is 0.000874. The zero-order valence-electron chi connectivity index (χ0n) is 10.7. The predicted octanol–water partition coefficient (Wildman–Crippen LogP) is 3.76. The molecule has 2 atom stereocenters. The van der Waals surface area contributed by atoms with Gasteiger partial charge in [-0.2, -0.15) is 0 Å². The first-order valence-corrected chi connectivity index (χ1v) is 6.39. The lowest BCUT2D eigenvalue weighted by Crippen LogP contribution is -2.46. The summed E-state index contributed by atoms with van der Waals surface area (Å²) in [6.45, 7) is 4.08. The second kappa shape index (κ2) is 5.57. The van der Waals surface area contributed by atoms with Gasteiger partial charge in [0.05, 0.1) is 16.1 Å². The van der Waals surface area contributed by atoms with Crippen LogP contribution in [0.15, 0.2) is 18.2 Å². The molecule has 0 fully saturated rings. The molecule has 0 aliphatic carbocycles. The molecule has 0 heterocycles. The van der Waals surface area contributed by atoms with Gasteiger partial charge in [0.15, 0.2) is 0 Å². The van der Waals surface area contributed by atoms with E-state index in [0.29, 0.717) is 10.0 Å². The van der Waals surface area contributed by atoms with Crippen LogP contribution in [0.3, 0.4) is 0 Å². The predicted molar refractivity (Wildman–Crippen MR) is 73.8 cm³/mol. The minimum atomic E-state index is -0.600. The monoisotopic (exact) mass is 275 g/mol. The molecule has 0 aliphatic heterocycles. The van der Waals surface area contributed by atoms with E-state index in [1.54, 1.807) is 12.1 Å². The molecule has 1 N–H and O–H groups in total. The van der Waals surface area contributed by atoms with E-state index in [0.717, 1.165) is 12.0 Å². The molecule has 0 amide bonds. The number of likely N-dealkylation sites (N-methyl/N-ethyl adjacent to an activating group) is 1. The smallest absolute Gasteiger partial charge is 0.0971 e. The van der Waals surface area contributed by atoms with Crippen LogP contribution < -0.4 is 0 Å². The quantitative estimate of drug-likeness (QED) is 0.905.